The van der Waals surface area contributed by atoms with Crippen LogP contribution in [-0.4, -0.2) is 19.6 Å². The van der Waals surface area contributed by atoms with Crippen molar-refractivity contribution in [3.63, 3.8) is 0 Å². The van der Waals surface area contributed by atoms with E-state index in [1.54, 1.807) is 0 Å². The summed E-state index contributed by atoms with van der Waals surface area (Å²) in [6.45, 7) is 0. The number of hydrogen-bond acceptors (Lipinski definition) is 4. The molecule has 17 heavy (non-hydrogen) atoms. The third-order valence-corrected chi connectivity index (χ3v) is 1.85. The van der Waals surface area contributed by atoms with Crippen molar-refractivity contribution in [1.29, 1.82) is 0 Å². The van der Waals surface area contributed by atoms with Crippen LogP contribution in [0.4, 0.5) is 23.2 Å². The van der Waals surface area contributed by atoms with Gasteiger partial charge in [-0.1, -0.05) is 0 Å². The van der Waals surface area contributed by atoms with E-state index in [0.717, 1.165) is 0 Å². The first-order chi connectivity index (χ1) is 8.03. The number of rotatable bonds is 1. The van der Waals surface area contributed by atoms with Crippen LogP contribution in [0.25, 0.3) is 0 Å². The van der Waals surface area contributed by atoms with Crippen LogP contribution in [0.5, 0.6) is 11.5 Å². The smallest absolute Gasteiger partial charge is 0.447 e. The molecule has 0 radical (unpaired) electrons. The molecule has 0 fully saturated rings. The summed E-state index contributed by atoms with van der Waals surface area (Å²) in [4.78, 5) is 0. The second kappa shape index (κ2) is 5.09. The highest BCUT2D eigenvalue weighted by atomic mass is 19.3. The average Bonchev–Trinajstić information content (AvgIpc) is 2.32. The first-order valence-corrected chi connectivity index (χ1v) is 4.39. The summed E-state index contributed by atoms with van der Waals surface area (Å²) in [5.41, 5.74) is 2.59. The van der Waals surface area contributed by atoms with Gasteiger partial charge in [0.25, 0.3) is 0 Å². The van der Waals surface area contributed by atoms with Gasteiger partial charge in [-0.25, -0.2) is 0 Å². The van der Waals surface area contributed by atoms with Crippen molar-refractivity contribution in [1.82, 2.24) is 0 Å². The van der Waals surface area contributed by atoms with E-state index in [1.165, 1.54) is 18.2 Å². The maximum absolute atomic E-state index is 12.7. The molecule has 1 unspecified atom stereocenters. The Balaban J connectivity index is 0.000000686. The van der Waals surface area contributed by atoms with Gasteiger partial charge in [-0.2, -0.15) is 13.2 Å². The van der Waals surface area contributed by atoms with Crippen LogP contribution in [-0.2, 0) is 0 Å². The van der Waals surface area contributed by atoms with Gasteiger partial charge >= 0.3 is 12.5 Å². The van der Waals surface area contributed by atoms with Crippen LogP contribution in [0.3, 0.4) is 0 Å². The number of benzene rings is 1. The van der Waals surface area contributed by atoms with Gasteiger partial charge in [0.1, 0.15) is 0 Å². The van der Waals surface area contributed by atoms with Crippen molar-refractivity contribution in [2.45, 2.75) is 12.5 Å². The molecule has 1 aromatic carbocycles. The van der Waals surface area contributed by atoms with Gasteiger partial charge in [0.05, 0.1) is 12.9 Å². The molecular weight excluding hydrogens is 244 g/mol. The van der Waals surface area contributed by atoms with E-state index >= 15 is 0 Å². The first kappa shape index (κ1) is 13.4. The number of nitrogens with one attached hydrogen (secondary N) is 1. The summed E-state index contributed by atoms with van der Waals surface area (Å²) in [6.07, 6.45) is -6.79. The molecule has 0 bridgehead atoms. The molecule has 0 amide bonds. The fourth-order valence-electron chi connectivity index (χ4n) is 1.15. The largest absolute Gasteiger partial charge is 0.468 e. The van der Waals surface area contributed by atoms with Gasteiger partial charge in [-0.3, -0.25) is 10.2 Å². The molecule has 1 aliphatic heterocycles. The predicted molar refractivity (Wildman–Crippen MR) is 52.4 cm³/mol. The second-order valence-electron chi connectivity index (χ2n) is 2.90. The lowest BCUT2D eigenvalue weighted by molar-refractivity contribution is -0.281. The molecular formula is C9H10F4N2O2. The van der Waals surface area contributed by atoms with E-state index < -0.39 is 12.5 Å². The molecule has 96 valence electrons. The summed E-state index contributed by atoms with van der Waals surface area (Å²) in [5, 5.41) is 0. The summed E-state index contributed by atoms with van der Waals surface area (Å²) in [5.74, 6) is 4.72. The zero-order valence-corrected chi connectivity index (χ0v) is 8.72. The summed E-state index contributed by atoms with van der Waals surface area (Å²) >= 11 is 0. The molecule has 1 aromatic rings. The Morgan fingerprint density at radius 2 is 1.94 bits per heavy atom. The van der Waals surface area contributed by atoms with Crippen LogP contribution in [0.15, 0.2) is 18.2 Å². The lowest BCUT2D eigenvalue weighted by Crippen LogP contribution is -2.43. The van der Waals surface area contributed by atoms with Gasteiger partial charge in [0.2, 0.25) is 0 Å². The van der Waals surface area contributed by atoms with E-state index in [4.69, 9.17) is 5.84 Å². The zero-order valence-electron chi connectivity index (χ0n) is 8.72. The fraction of sp³-hybridized carbons (Fsp3) is 0.333. The molecule has 0 aliphatic carbocycles. The molecule has 1 atom stereocenters. The minimum absolute atomic E-state index is 0.0903. The SMILES string of the molecule is CF.NNc1ccc2c(c1)OC(F)(F)C(F)O2. The Morgan fingerprint density at radius 1 is 1.29 bits per heavy atom. The third kappa shape index (κ3) is 2.70. The molecule has 1 aliphatic rings. The van der Waals surface area contributed by atoms with E-state index in [-0.39, 0.29) is 11.5 Å². The van der Waals surface area contributed by atoms with Gasteiger partial charge in [-0.05, 0) is 12.1 Å². The summed E-state index contributed by atoms with van der Waals surface area (Å²) in [7, 11) is 0.500. The van der Waals surface area contributed by atoms with E-state index in [9.17, 15) is 17.6 Å². The van der Waals surface area contributed by atoms with Gasteiger partial charge in [0.15, 0.2) is 11.5 Å². The number of hydrogen-bond donors (Lipinski definition) is 2. The number of halogens is 4. The molecule has 2 rings (SSSR count). The predicted octanol–water partition coefficient (Wildman–Crippen LogP) is 2.22. The quantitative estimate of drug-likeness (QED) is 0.458. The first-order valence-electron chi connectivity index (χ1n) is 4.39. The highest BCUT2D eigenvalue weighted by molar-refractivity contribution is 5.54. The third-order valence-electron chi connectivity index (χ3n) is 1.85. The molecule has 0 aromatic heterocycles. The maximum atomic E-state index is 12.7. The number of nitrogens with two attached hydrogens (primary N) is 1. The zero-order chi connectivity index (χ0) is 13.1. The average molecular weight is 254 g/mol. The van der Waals surface area contributed by atoms with E-state index in [1.807, 2.05) is 0 Å². The van der Waals surface area contributed by atoms with Crippen molar-refractivity contribution in [2.24, 2.45) is 5.84 Å². The van der Waals surface area contributed by atoms with Gasteiger partial charge < -0.3 is 14.9 Å². The number of hydrazine groups is 1. The Bertz CT molecular complexity index is 389. The molecule has 0 spiro atoms. The van der Waals surface area contributed by atoms with Gasteiger partial charge in [-0.15, -0.1) is 0 Å². The fourth-order valence-corrected chi connectivity index (χ4v) is 1.15. The standard InChI is InChI=1S/C8H7F3N2O2.CH3F/c9-7-8(10,11)15-6-3-4(13-12)1-2-5(6)14-7;1-2/h1-3,7,13H,12H2;1H3. The van der Waals surface area contributed by atoms with Crippen molar-refractivity contribution >= 4 is 5.69 Å². The minimum atomic E-state index is -3.99. The number of alkyl halides is 4. The number of nitrogen functional groups attached to an aromatic ring is 1. The summed E-state index contributed by atoms with van der Waals surface area (Å²) < 4.78 is 56.1. The molecule has 1 heterocycles. The maximum Gasteiger partial charge on any atom is 0.468 e. The van der Waals surface area contributed by atoms with Crippen LogP contribution >= 0.6 is 0 Å². The van der Waals surface area contributed by atoms with Crippen molar-refractivity contribution in [3.8, 4) is 11.5 Å². The molecule has 8 heteroatoms. The van der Waals surface area contributed by atoms with E-state index in [0.29, 0.717) is 12.9 Å². The lowest BCUT2D eigenvalue weighted by atomic mass is 10.2. The molecule has 3 N–H and O–H groups in total. The number of anilines is 1. The van der Waals surface area contributed by atoms with Crippen molar-refractivity contribution in [3.05, 3.63) is 18.2 Å². The Morgan fingerprint density at radius 3 is 2.53 bits per heavy atom. The normalized spacial score (nSPS) is 20.0. The lowest BCUT2D eigenvalue weighted by Gasteiger charge is -2.28. The van der Waals surface area contributed by atoms with Crippen LogP contribution in [0, 0.1) is 0 Å². The highest BCUT2D eigenvalue weighted by Crippen LogP contribution is 2.41. The number of ether oxygens (including phenoxy) is 2. The van der Waals surface area contributed by atoms with E-state index in [2.05, 4.69) is 14.9 Å². The van der Waals surface area contributed by atoms with Crippen molar-refractivity contribution < 1.29 is 27.0 Å². The van der Waals surface area contributed by atoms with Crippen LogP contribution < -0.4 is 20.7 Å². The Labute approximate surface area is 94.3 Å². The second-order valence-corrected chi connectivity index (χ2v) is 2.90. The molecule has 4 nitrogen and oxygen atoms in total. The van der Waals surface area contributed by atoms with Gasteiger partial charge in [0, 0.05) is 6.07 Å². The van der Waals surface area contributed by atoms with Crippen LogP contribution in [0.1, 0.15) is 0 Å². The Hall–Kier alpha value is -1.70. The number of fused-ring (bicyclic) bond motifs is 1. The van der Waals surface area contributed by atoms with Crippen LogP contribution in [0.2, 0.25) is 0 Å². The highest BCUT2D eigenvalue weighted by Gasteiger charge is 2.49. The van der Waals surface area contributed by atoms with Crippen molar-refractivity contribution in [2.75, 3.05) is 12.6 Å². The minimum Gasteiger partial charge on any atom is -0.447 e. The topological polar surface area (TPSA) is 56.5 Å². The monoisotopic (exact) mass is 254 g/mol. The summed E-state index contributed by atoms with van der Waals surface area (Å²) in [6, 6.07) is 3.92. The molecule has 0 saturated heterocycles. The Kier molecular flexibility index (Phi) is 4.00. The molecule has 0 saturated carbocycles.